The van der Waals surface area contributed by atoms with Gasteiger partial charge in [-0.15, -0.1) is 6.42 Å². The van der Waals surface area contributed by atoms with Gasteiger partial charge < -0.3 is 9.47 Å². The smallest absolute Gasteiger partial charge is 0.353 e. The zero-order chi connectivity index (χ0) is 6.69. The molecule has 2 nitrogen and oxygen atoms in total. The molecule has 1 rings (SSSR count). The summed E-state index contributed by atoms with van der Waals surface area (Å²) in [5.41, 5.74) is 0. The highest BCUT2D eigenvalue weighted by atomic mass is 32.1. The van der Waals surface area contributed by atoms with Crippen LogP contribution in [-0.4, -0.2) is 17.9 Å². The van der Waals surface area contributed by atoms with Gasteiger partial charge in [-0.1, -0.05) is 5.92 Å². The second-order valence-corrected chi connectivity index (χ2v) is 1.99. The number of hydrogen-bond donors (Lipinski definition) is 0. The maximum absolute atomic E-state index is 5.08. The Balaban J connectivity index is 2.43. The van der Waals surface area contributed by atoms with E-state index in [2.05, 4.69) is 18.1 Å². The fraction of sp³-hybridized carbons (Fsp3) is 0.500. The third-order valence-electron chi connectivity index (χ3n) is 1.02. The minimum absolute atomic E-state index is 0.171. The number of ether oxygens (including phenoxy) is 2. The number of rotatable bonds is 0. The van der Waals surface area contributed by atoms with Crippen LogP contribution in [0.3, 0.4) is 0 Å². The van der Waals surface area contributed by atoms with Crippen molar-refractivity contribution < 1.29 is 9.47 Å². The maximum Gasteiger partial charge on any atom is 0.353 e. The van der Waals surface area contributed by atoms with Gasteiger partial charge in [-0.25, -0.2) is 0 Å². The Kier molecular flexibility index (Phi) is 1.91. The maximum atomic E-state index is 5.08. The molecular formula is C6H6O2S. The number of terminal acetylenes is 1. The predicted octanol–water partition coefficient (Wildman–Crippen LogP) is 0.710. The molecule has 1 saturated heterocycles. The molecule has 1 aliphatic heterocycles. The molecule has 0 bridgehead atoms. The molecular weight excluding hydrogens is 136 g/mol. The fourth-order valence-electron chi connectivity index (χ4n) is 0.576. The second kappa shape index (κ2) is 2.70. The van der Waals surface area contributed by atoms with Gasteiger partial charge in [0, 0.05) is 18.6 Å². The summed E-state index contributed by atoms with van der Waals surface area (Å²) in [5, 5.41) is 0.171. The Morgan fingerprint density at radius 1 is 1.78 bits per heavy atom. The molecule has 1 atom stereocenters. The van der Waals surface area contributed by atoms with Crippen LogP contribution >= 0.6 is 12.2 Å². The Morgan fingerprint density at radius 3 is 3.00 bits per heavy atom. The van der Waals surface area contributed by atoms with E-state index in [1.165, 1.54) is 0 Å². The van der Waals surface area contributed by atoms with Crippen LogP contribution in [0.25, 0.3) is 0 Å². The quantitative estimate of drug-likeness (QED) is 0.366. The Bertz CT molecular complexity index is 159. The van der Waals surface area contributed by atoms with E-state index < -0.39 is 0 Å². The molecule has 0 amide bonds. The number of hydrogen-bond acceptors (Lipinski definition) is 3. The molecule has 1 heterocycles. The lowest BCUT2D eigenvalue weighted by molar-refractivity contribution is 0.0819. The van der Waals surface area contributed by atoms with Crippen LogP contribution in [0.5, 0.6) is 0 Å². The highest BCUT2D eigenvalue weighted by Gasteiger charge is 2.15. The van der Waals surface area contributed by atoms with E-state index in [1.54, 1.807) is 0 Å². The van der Waals surface area contributed by atoms with Gasteiger partial charge in [-0.2, -0.15) is 0 Å². The van der Waals surface area contributed by atoms with Crippen molar-refractivity contribution in [1.29, 1.82) is 0 Å². The van der Waals surface area contributed by atoms with Gasteiger partial charge in [0.1, 0.15) is 0 Å². The van der Waals surface area contributed by atoms with Gasteiger partial charge in [-0.3, -0.25) is 0 Å². The monoisotopic (exact) mass is 142 g/mol. The standard InChI is InChI=1S/C6H6O2S/c1-2-5-3-4-7-6(9)8-5/h1,5H,3-4H2. The molecule has 0 aliphatic carbocycles. The first-order valence-electron chi connectivity index (χ1n) is 2.62. The summed E-state index contributed by atoms with van der Waals surface area (Å²) in [7, 11) is 0. The van der Waals surface area contributed by atoms with Crippen molar-refractivity contribution in [2.75, 3.05) is 6.61 Å². The highest BCUT2D eigenvalue weighted by molar-refractivity contribution is 7.79. The molecule has 0 N–H and O–H groups in total. The highest BCUT2D eigenvalue weighted by Crippen LogP contribution is 2.06. The first-order valence-corrected chi connectivity index (χ1v) is 3.03. The third-order valence-corrected chi connectivity index (χ3v) is 1.24. The van der Waals surface area contributed by atoms with Crippen LogP contribution in [0.1, 0.15) is 6.42 Å². The van der Waals surface area contributed by atoms with E-state index in [0.717, 1.165) is 6.42 Å². The van der Waals surface area contributed by atoms with Crippen LogP contribution in [-0.2, 0) is 9.47 Å². The summed E-state index contributed by atoms with van der Waals surface area (Å²) in [5.74, 6) is 2.44. The molecule has 0 saturated carbocycles. The summed E-state index contributed by atoms with van der Waals surface area (Å²) in [6.07, 6.45) is 5.63. The van der Waals surface area contributed by atoms with Crippen molar-refractivity contribution in [3.63, 3.8) is 0 Å². The second-order valence-electron chi connectivity index (χ2n) is 1.66. The van der Waals surface area contributed by atoms with E-state index in [1.807, 2.05) is 0 Å². The first kappa shape index (κ1) is 6.37. The van der Waals surface area contributed by atoms with E-state index >= 15 is 0 Å². The van der Waals surface area contributed by atoms with Crippen molar-refractivity contribution in [1.82, 2.24) is 0 Å². The van der Waals surface area contributed by atoms with E-state index in [4.69, 9.17) is 15.9 Å². The molecule has 1 fully saturated rings. The van der Waals surface area contributed by atoms with E-state index in [9.17, 15) is 0 Å². The van der Waals surface area contributed by atoms with Crippen LogP contribution in [0.4, 0.5) is 0 Å². The van der Waals surface area contributed by atoms with E-state index in [0.29, 0.717) is 6.61 Å². The van der Waals surface area contributed by atoms with Crippen LogP contribution < -0.4 is 0 Å². The van der Waals surface area contributed by atoms with Crippen LogP contribution in [0.15, 0.2) is 0 Å². The lowest BCUT2D eigenvalue weighted by Gasteiger charge is -2.19. The molecule has 0 aromatic heterocycles. The molecule has 0 spiro atoms. The van der Waals surface area contributed by atoms with E-state index in [-0.39, 0.29) is 11.3 Å². The Morgan fingerprint density at radius 2 is 2.56 bits per heavy atom. The minimum Gasteiger partial charge on any atom is -0.457 e. The summed E-state index contributed by atoms with van der Waals surface area (Å²) in [6.45, 7) is 0.577. The van der Waals surface area contributed by atoms with Crippen LogP contribution in [0, 0.1) is 12.3 Å². The first-order chi connectivity index (χ1) is 4.33. The van der Waals surface area contributed by atoms with Gasteiger partial charge in [-0.05, 0) is 0 Å². The summed E-state index contributed by atoms with van der Waals surface area (Å²) >= 11 is 4.61. The van der Waals surface area contributed by atoms with Crippen molar-refractivity contribution in [3.05, 3.63) is 0 Å². The normalized spacial score (nSPS) is 25.7. The lowest BCUT2D eigenvalue weighted by atomic mass is 10.3. The third kappa shape index (κ3) is 1.58. The average Bonchev–Trinajstić information content (AvgIpc) is 1.88. The molecule has 48 valence electrons. The molecule has 3 heteroatoms. The predicted molar refractivity (Wildman–Crippen MR) is 36.9 cm³/mol. The topological polar surface area (TPSA) is 18.5 Å². The van der Waals surface area contributed by atoms with Gasteiger partial charge in [0.2, 0.25) is 0 Å². The average molecular weight is 142 g/mol. The molecule has 1 aliphatic rings. The van der Waals surface area contributed by atoms with Gasteiger partial charge >= 0.3 is 5.24 Å². The molecule has 0 aromatic carbocycles. The molecule has 1 unspecified atom stereocenters. The Labute approximate surface area is 59.1 Å². The molecule has 9 heavy (non-hydrogen) atoms. The van der Waals surface area contributed by atoms with Gasteiger partial charge in [0.25, 0.3) is 0 Å². The molecule has 0 radical (unpaired) electrons. The summed E-state index contributed by atoms with van der Waals surface area (Å²) < 4.78 is 9.73. The minimum atomic E-state index is -0.175. The largest absolute Gasteiger partial charge is 0.457 e. The number of thiocarbonyl (C=S) groups is 1. The summed E-state index contributed by atoms with van der Waals surface area (Å²) in [6, 6.07) is 0. The zero-order valence-corrected chi connectivity index (χ0v) is 5.61. The fourth-order valence-corrected chi connectivity index (χ4v) is 0.775. The van der Waals surface area contributed by atoms with Crippen molar-refractivity contribution in [3.8, 4) is 12.3 Å². The van der Waals surface area contributed by atoms with Crippen LogP contribution in [0.2, 0.25) is 0 Å². The van der Waals surface area contributed by atoms with Crippen molar-refractivity contribution in [2.45, 2.75) is 12.5 Å². The Hall–Kier alpha value is -0.750. The lowest BCUT2D eigenvalue weighted by Crippen LogP contribution is -2.25. The zero-order valence-electron chi connectivity index (χ0n) is 4.79. The SMILES string of the molecule is C#CC1CCOC(=S)O1. The summed E-state index contributed by atoms with van der Waals surface area (Å²) in [4.78, 5) is 0. The van der Waals surface area contributed by atoms with Gasteiger partial charge in [0.05, 0.1) is 6.61 Å². The van der Waals surface area contributed by atoms with Gasteiger partial charge in [0.15, 0.2) is 6.10 Å². The molecule has 0 aromatic rings. The van der Waals surface area contributed by atoms with Crippen molar-refractivity contribution >= 4 is 17.5 Å². The van der Waals surface area contributed by atoms with Crippen molar-refractivity contribution in [2.24, 2.45) is 0 Å².